The molecule has 4 heteroatoms. The van der Waals surface area contributed by atoms with E-state index in [2.05, 4.69) is 78.1 Å². The maximum Gasteiger partial charge on any atom is 0.255 e. The Morgan fingerprint density at radius 3 is 2.20 bits per heavy atom. The fourth-order valence-corrected chi connectivity index (χ4v) is 5.54. The summed E-state index contributed by atoms with van der Waals surface area (Å²) in [5.41, 5.74) is 6.06. The lowest BCUT2D eigenvalue weighted by atomic mass is 9.95. The number of anilines is 1. The number of rotatable bonds is 4. The molecule has 7 rings (SSSR count). The Hall–Kier alpha value is -4.99. The number of benzene rings is 6. The molecule has 40 heavy (non-hydrogen) atoms. The van der Waals surface area contributed by atoms with E-state index in [4.69, 9.17) is 16.6 Å². The second-order valence-electron chi connectivity index (χ2n) is 9.80. The van der Waals surface area contributed by atoms with Crippen LogP contribution in [-0.2, 0) is 0 Å². The number of nitrogens with one attached hydrogen (secondary N) is 1. The van der Waals surface area contributed by atoms with Crippen LogP contribution in [0.4, 0.5) is 5.69 Å². The van der Waals surface area contributed by atoms with E-state index in [1.165, 1.54) is 21.5 Å². The van der Waals surface area contributed by atoms with Crippen LogP contribution in [0.15, 0.2) is 133 Å². The minimum atomic E-state index is -0.182. The van der Waals surface area contributed by atoms with Crippen LogP contribution in [0.5, 0.6) is 0 Å². The lowest BCUT2D eigenvalue weighted by Crippen LogP contribution is -2.12. The fraction of sp³-hybridized carbons (Fsp3) is 0. The van der Waals surface area contributed by atoms with Gasteiger partial charge < -0.3 is 5.32 Å². The van der Waals surface area contributed by atoms with Crippen LogP contribution >= 0.6 is 11.6 Å². The molecular formula is C36H23ClN2O. The summed E-state index contributed by atoms with van der Waals surface area (Å²) in [5.74, 6) is -0.182. The average Bonchev–Trinajstić information content (AvgIpc) is 3.01. The SMILES string of the molecule is O=C(Nc1cc(Cl)ccc1-c1ccc2nc(-c3cc4ccccc4c4ccccc34)ccc2c1)c1ccccc1. The predicted octanol–water partition coefficient (Wildman–Crippen LogP) is 9.78. The molecule has 0 aliphatic heterocycles. The Balaban J connectivity index is 1.29. The van der Waals surface area contributed by atoms with E-state index in [9.17, 15) is 4.79 Å². The van der Waals surface area contributed by atoms with Gasteiger partial charge in [-0.25, -0.2) is 4.98 Å². The monoisotopic (exact) mass is 534 g/mol. The van der Waals surface area contributed by atoms with E-state index in [1.807, 2.05) is 42.5 Å². The smallest absolute Gasteiger partial charge is 0.255 e. The molecule has 190 valence electrons. The molecule has 7 aromatic rings. The van der Waals surface area contributed by atoms with Gasteiger partial charge in [0.05, 0.1) is 16.9 Å². The second-order valence-corrected chi connectivity index (χ2v) is 10.2. The molecule has 3 nitrogen and oxygen atoms in total. The van der Waals surface area contributed by atoms with Gasteiger partial charge in [-0.2, -0.15) is 0 Å². The number of nitrogens with zero attached hydrogens (tertiary/aromatic N) is 1. The number of halogens is 1. The Morgan fingerprint density at radius 1 is 0.600 bits per heavy atom. The molecule has 1 aromatic heterocycles. The molecule has 0 spiro atoms. The predicted molar refractivity (Wildman–Crippen MR) is 167 cm³/mol. The average molecular weight is 535 g/mol. The lowest BCUT2D eigenvalue weighted by molar-refractivity contribution is 0.102. The highest BCUT2D eigenvalue weighted by molar-refractivity contribution is 6.31. The highest BCUT2D eigenvalue weighted by Crippen LogP contribution is 2.36. The first-order valence-electron chi connectivity index (χ1n) is 13.1. The summed E-state index contributed by atoms with van der Waals surface area (Å²) in [6, 6.07) is 44.3. The number of fused-ring (bicyclic) bond motifs is 4. The molecular weight excluding hydrogens is 512 g/mol. The molecule has 6 aromatic carbocycles. The molecule has 0 saturated heterocycles. The number of carbonyl (C=O) groups is 1. The van der Waals surface area contributed by atoms with E-state index < -0.39 is 0 Å². The second kappa shape index (κ2) is 9.96. The Bertz CT molecular complexity index is 2070. The van der Waals surface area contributed by atoms with E-state index in [1.54, 1.807) is 18.2 Å². The van der Waals surface area contributed by atoms with E-state index in [-0.39, 0.29) is 5.91 Å². The number of hydrogen-bond acceptors (Lipinski definition) is 2. The fourth-order valence-electron chi connectivity index (χ4n) is 5.36. The topological polar surface area (TPSA) is 42.0 Å². The highest BCUT2D eigenvalue weighted by atomic mass is 35.5. The van der Waals surface area contributed by atoms with Crippen molar-refractivity contribution in [3.05, 3.63) is 144 Å². The Morgan fingerprint density at radius 2 is 1.35 bits per heavy atom. The molecule has 1 heterocycles. The third-order valence-corrected chi connectivity index (χ3v) is 7.55. The van der Waals surface area contributed by atoms with Gasteiger partial charge >= 0.3 is 0 Å². The third-order valence-electron chi connectivity index (χ3n) is 7.31. The zero-order valence-corrected chi connectivity index (χ0v) is 22.2. The maximum atomic E-state index is 12.9. The van der Waals surface area contributed by atoms with E-state index >= 15 is 0 Å². The summed E-state index contributed by atoms with van der Waals surface area (Å²) in [7, 11) is 0. The van der Waals surface area contributed by atoms with Crippen LogP contribution < -0.4 is 5.32 Å². The van der Waals surface area contributed by atoms with Crippen LogP contribution in [0, 0.1) is 0 Å². The molecule has 0 atom stereocenters. The van der Waals surface area contributed by atoms with Crippen molar-refractivity contribution in [3.8, 4) is 22.4 Å². The molecule has 0 unspecified atom stereocenters. The molecule has 1 N–H and O–H groups in total. The number of amides is 1. The van der Waals surface area contributed by atoms with E-state index in [0.717, 1.165) is 33.3 Å². The molecule has 0 aliphatic carbocycles. The maximum absolute atomic E-state index is 12.9. The van der Waals surface area contributed by atoms with Crippen molar-refractivity contribution >= 4 is 55.6 Å². The molecule has 0 fully saturated rings. The van der Waals surface area contributed by atoms with Gasteiger partial charge in [0.1, 0.15) is 0 Å². The lowest BCUT2D eigenvalue weighted by Gasteiger charge is -2.14. The van der Waals surface area contributed by atoms with Crippen molar-refractivity contribution < 1.29 is 4.79 Å². The van der Waals surface area contributed by atoms with Gasteiger partial charge in [0.25, 0.3) is 5.91 Å². The first kappa shape index (κ1) is 24.1. The van der Waals surface area contributed by atoms with Gasteiger partial charge in [0.15, 0.2) is 0 Å². The normalized spacial score (nSPS) is 11.2. The van der Waals surface area contributed by atoms with Gasteiger partial charge in [-0.3, -0.25) is 4.79 Å². The first-order valence-corrected chi connectivity index (χ1v) is 13.5. The van der Waals surface area contributed by atoms with Gasteiger partial charge in [-0.05, 0) is 75.6 Å². The van der Waals surface area contributed by atoms with Crippen molar-refractivity contribution in [2.24, 2.45) is 0 Å². The minimum absolute atomic E-state index is 0.182. The summed E-state index contributed by atoms with van der Waals surface area (Å²) in [4.78, 5) is 18.0. The highest BCUT2D eigenvalue weighted by Gasteiger charge is 2.13. The van der Waals surface area contributed by atoms with Crippen molar-refractivity contribution in [3.63, 3.8) is 0 Å². The van der Waals surface area contributed by atoms with Gasteiger partial charge in [-0.1, -0.05) is 96.5 Å². The van der Waals surface area contributed by atoms with Crippen LogP contribution in [0.25, 0.3) is 54.8 Å². The third kappa shape index (κ3) is 4.37. The van der Waals surface area contributed by atoms with Crippen LogP contribution in [0.2, 0.25) is 5.02 Å². The number of hydrogen-bond donors (Lipinski definition) is 1. The van der Waals surface area contributed by atoms with Gasteiger partial charge in [-0.15, -0.1) is 0 Å². The Labute approximate surface area is 236 Å². The molecule has 0 bridgehead atoms. The van der Waals surface area contributed by atoms with Crippen LogP contribution in [-0.4, -0.2) is 10.9 Å². The zero-order valence-electron chi connectivity index (χ0n) is 21.4. The number of carbonyl (C=O) groups excluding carboxylic acids is 1. The number of aromatic nitrogens is 1. The van der Waals surface area contributed by atoms with Gasteiger partial charge in [0.2, 0.25) is 0 Å². The standard InChI is InChI=1S/C36H23ClN2O/c37-27-16-17-29(35(22-27)39-36(40)23-8-2-1-3-9-23)25-14-18-33-26(20-25)15-19-34(38-33)32-21-24-10-4-5-11-28(24)30-12-6-7-13-31(30)32/h1-22H,(H,39,40). The van der Waals surface area contributed by atoms with Gasteiger partial charge in [0, 0.05) is 27.1 Å². The molecule has 0 radical (unpaired) electrons. The quantitative estimate of drug-likeness (QED) is 0.228. The van der Waals surface area contributed by atoms with Crippen LogP contribution in [0.3, 0.4) is 0 Å². The Kier molecular flexibility index (Phi) is 5.99. The minimum Gasteiger partial charge on any atom is -0.321 e. The summed E-state index contributed by atoms with van der Waals surface area (Å²) in [5, 5.41) is 9.45. The van der Waals surface area contributed by atoms with E-state index in [0.29, 0.717) is 16.3 Å². The van der Waals surface area contributed by atoms with Crippen molar-refractivity contribution in [2.75, 3.05) is 5.32 Å². The summed E-state index contributed by atoms with van der Waals surface area (Å²) >= 11 is 6.32. The van der Waals surface area contributed by atoms with Crippen molar-refractivity contribution in [2.45, 2.75) is 0 Å². The van der Waals surface area contributed by atoms with Crippen molar-refractivity contribution in [1.82, 2.24) is 4.98 Å². The van der Waals surface area contributed by atoms with Crippen LogP contribution in [0.1, 0.15) is 10.4 Å². The summed E-state index contributed by atoms with van der Waals surface area (Å²) in [6.07, 6.45) is 0. The zero-order chi connectivity index (χ0) is 27.1. The molecule has 0 aliphatic rings. The molecule has 0 saturated carbocycles. The largest absolute Gasteiger partial charge is 0.321 e. The van der Waals surface area contributed by atoms with Crippen molar-refractivity contribution in [1.29, 1.82) is 0 Å². The summed E-state index contributed by atoms with van der Waals surface area (Å²) < 4.78 is 0. The number of pyridine rings is 1. The first-order chi connectivity index (χ1) is 19.6. The summed E-state index contributed by atoms with van der Waals surface area (Å²) in [6.45, 7) is 0. The molecule has 1 amide bonds.